The van der Waals surface area contributed by atoms with Crippen LogP contribution in [0.3, 0.4) is 0 Å². The van der Waals surface area contributed by atoms with Crippen molar-refractivity contribution in [2.45, 2.75) is 46.5 Å². The van der Waals surface area contributed by atoms with Gasteiger partial charge in [0.2, 0.25) is 0 Å². The van der Waals surface area contributed by atoms with Crippen molar-refractivity contribution in [2.75, 3.05) is 25.1 Å². The minimum atomic E-state index is 0.823. The molecule has 0 aromatic heterocycles. The first-order chi connectivity index (χ1) is 9.65. The van der Waals surface area contributed by atoms with E-state index in [0.717, 1.165) is 30.4 Å². The summed E-state index contributed by atoms with van der Waals surface area (Å²) in [5, 5.41) is 0. The first kappa shape index (κ1) is 15.2. The number of hydrogen-bond donors (Lipinski definition) is 0. The first-order valence-electron chi connectivity index (χ1n) is 8.07. The van der Waals surface area contributed by atoms with Crippen LogP contribution in [0.4, 0.5) is 5.69 Å². The van der Waals surface area contributed by atoms with Crippen molar-refractivity contribution in [3.05, 3.63) is 23.8 Å². The predicted molar refractivity (Wildman–Crippen MR) is 86.8 cm³/mol. The summed E-state index contributed by atoms with van der Waals surface area (Å²) in [6.07, 6.45) is 4.91. The summed E-state index contributed by atoms with van der Waals surface area (Å²) in [5.74, 6) is 2.76. The molecule has 1 aliphatic heterocycles. The third-order valence-electron chi connectivity index (χ3n) is 4.63. The second-order valence-corrected chi connectivity index (χ2v) is 6.31. The summed E-state index contributed by atoms with van der Waals surface area (Å²) in [6, 6.07) is 6.68. The zero-order valence-corrected chi connectivity index (χ0v) is 13.5. The molecule has 0 atom stereocenters. The second-order valence-electron chi connectivity index (χ2n) is 6.31. The van der Waals surface area contributed by atoms with Gasteiger partial charge >= 0.3 is 0 Å². The molecule has 1 aromatic rings. The average Bonchev–Trinajstić information content (AvgIpc) is 2.47. The molecular weight excluding hydrogens is 246 g/mol. The highest BCUT2D eigenvalue weighted by Gasteiger charge is 2.22. The van der Waals surface area contributed by atoms with Crippen molar-refractivity contribution >= 4 is 5.69 Å². The molecule has 2 heteroatoms. The lowest BCUT2D eigenvalue weighted by Crippen LogP contribution is -2.35. The quantitative estimate of drug-likeness (QED) is 0.783. The van der Waals surface area contributed by atoms with Crippen LogP contribution in [0.1, 0.15) is 45.6 Å². The normalized spacial score (nSPS) is 16.8. The van der Waals surface area contributed by atoms with Gasteiger partial charge in [0.1, 0.15) is 5.75 Å². The number of benzene rings is 1. The van der Waals surface area contributed by atoms with Gasteiger partial charge in [-0.1, -0.05) is 27.2 Å². The van der Waals surface area contributed by atoms with Crippen LogP contribution in [0, 0.1) is 11.8 Å². The molecule has 2 rings (SSSR count). The van der Waals surface area contributed by atoms with Crippen LogP contribution in [-0.4, -0.2) is 20.2 Å². The van der Waals surface area contributed by atoms with Crippen molar-refractivity contribution in [3.8, 4) is 5.75 Å². The van der Waals surface area contributed by atoms with Crippen LogP contribution in [0.5, 0.6) is 5.75 Å². The molecule has 1 saturated heterocycles. The van der Waals surface area contributed by atoms with Crippen LogP contribution < -0.4 is 9.64 Å². The lowest BCUT2D eigenvalue weighted by molar-refractivity contribution is 0.311. The Hall–Kier alpha value is -1.18. The molecule has 0 saturated carbocycles. The highest BCUT2D eigenvalue weighted by Crippen LogP contribution is 2.31. The van der Waals surface area contributed by atoms with Gasteiger partial charge in [-0.25, -0.2) is 0 Å². The minimum Gasteiger partial charge on any atom is -0.496 e. The molecule has 112 valence electrons. The van der Waals surface area contributed by atoms with E-state index in [4.69, 9.17) is 4.74 Å². The third kappa shape index (κ3) is 3.47. The zero-order chi connectivity index (χ0) is 14.5. The van der Waals surface area contributed by atoms with E-state index >= 15 is 0 Å². The summed E-state index contributed by atoms with van der Waals surface area (Å²) >= 11 is 0. The van der Waals surface area contributed by atoms with Gasteiger partial charge in [0.15, 0.2) is 0 Å². The predicted octanol–water partition coefficient (Wildman–Crippen LogP) is 4.52. The molecule has 1 heterocycles. The molecule has 1 fully saturated rings. The van der Waals surface area contributed by atoms with Crippen LogP contribution >= 0.6 is 0 Å². The zero-order valence-electron chi connectivity index (χ0n) is 13.5. The highest BCUT2D eigenvalue weighted by atomic mass is 16.5. The number of nitrogens with zero attached hydrogens (tertiary/aromatic N) is 1. The number of anilines is 1. The van der Waals surface area contributed by atoms with Gasteiger partial charge in [0, 0.05) is 18.8 Å². The minimum absolute atomic E-state index is 0.823. The Kier molecular flexibility index (Phi) is 5.33. The van der Waals surface area contributed by atoms with Crippen molar-refractivity contribution < 1.29 is 4.74 Å². The Morgan fingerprint density at radius 3 is 2.50 bits per heavy atom. The molecule has 0 amide bonds. The molecular formula is C18H29NO. The van der Waals surface area contributed by atoms with Crippen LogP contribution in [0.2, 0.25) is 0 Å². The Morgan fingerprint density at radius 1 is 1.25 bits per heavy atom. The number of ether oxygens (including phenoxy) is 1. The molecule has 0 N–H and O–H groups in total. The number of hydrogen-bond acceptors (Lipinski definition) is 2. The fourth-order valence-electron chi connectivity index (χ4n) is 3.25. The van der Waals surface area contributed by atoms with Crippen molar-refractivity contribution in [1.29, 1.82) is 0 Å². The molecule has 2 nitrogen and oxygen atoms in total. The maximum atomic E-state index is 5.47. The van der Waals surface area contributed by atoms with E-state index in [9.17, 15) is 0 Å². The largest absolute Gasteiger partial charge is 0.496 e. The molecule has 1 aromatic carbocycles. The van der Waals surface area contributed by atoms with Crippen LogP contribution in [0.15, 0.2) is 18.2 Å². The van der Waals surface area contributed by atoms with Crippen molar-refractivity contribution in [1.82, 2.24) is 0 Å². The molecule has 0 bridgehead atoms. The van der Waals surface area contributed by atoms with E-state index in [0.29, 0.717) is 0 Å². The Morgan fingerprint density at radius 2 is 1.95 bits per heavy atom. The smallest absolute Gasteiger partial charge is 0.122 e. The number of aryl methyl sites for hydroxylation is 1. The van der Waals surface area contributed by atoms with Gasteiger partial charge in [0.25, 0.3) is 0 Å². The molecule has 0 spiro atoms. The number of methoxy groups -OCH3 is 1. The van der Waals surface area contributed by atoms with E-state index in [2.05, 4.69) is 43.9 Å². The monoisotopic (exact) mass is 275 g/mol. The Balaban J connectivity index is 2.08. The average molecular weight is 275 g/mol. The first-order valence-corrected chi connectivity index (χ1v) is 8.07. The Labute approximate surface area is 124 Å². The van der Waals surface area contributed by atoms with E-state index in [-0.39, 0.29) is 0 Å². The molecule has 0 aliphatic carbocycles. The van der Waals surface area contributed by atoms with Crippen molar-refractivity contribution in [3.63, 3.8) is 0 Å². The standard InChI is InChI=1S/C18H29NO/c1-5-6-16-13-17(7-8-18(16)20-4)19-11-9-15(10-12-19)14(2)3/h7-8,13-15H,5-6,9-12H2,1-4H3. The summed E-state index contributed by atoms with van der Waals surface area (Å²) < 4.78 is 5.47. The maximum absolute atomic E-state index is 5.47. The van der Waals surface area contributed by atoms with E-state index < -0.39 is 0 Å². The molecule has 1 aliphatic rings. The lowest BCUT2D eigenvalue weighted by atomic mass is 9.86. The van der Waals surface area contributed by atoms with Crippen molar-refractivity contribution in [2.24, 2.45) is 11.8 Å². The fraction of sp³-hybridized carbons (Fsp3) is 0.667. The summed E-state index contributed by atoms with van der Waals surface area (Å²) in [4.78, 5) is 2.54. The Bertz CT molecular complexity index is 419. The van der Waals surface area contributed by atoms with Gasteiger partial charge in [-0.15, -0.1) is 0 Å². The summed E-state index contributed by atoms with van der Waals surface area (Å²) in [6.45, 7) is 9.32. The maximum Gasteiger partial charge on any atom is 0.122 e. The van der Waals surface area contributed by atoms with Gasteiger partial charge in [-0.05, 0) is 54.9 Å². The number of piperidine rings is 1. The van der Waals surface area contributed by atoms with Gasteiger partial charge < -0.3 is 9.64 Å². The molecule has 0 radical (unpaired) electrons. The topological polar surface area (TPSA) is 12.5 Å². The van der Waals surface area contributed by atoms with Crippen LogP contribution in [0.25, 0.3) is 0 Å². The lowest BCUT2D eigenvalue weighted by Gasteiger charge is -2.35. The third-order valence-corrected chi connectivity index (χ3v) is 4.63. The molecule has 20 heavy (non-hydrogen) atoms. The summed E-state index contributed by atoms with van der Waals surface area (Å²) in [5.41, 5.74) is 2.72. The van der Waals surface area contributed by atoms with E-state index in [1.165, 1.54) is 37.2 Å². The number of rotatable bonds is 5. The summed E-state index contributed by atoms with van der Waals surface area (Å²) in [7, 11) is 1.77. The second kappa shape index (κ2) is 7.01. The molecule has 0 unspecified atom stereocenters. The van der Waals surface area contributed by atoms with Gasteiger partial charge in [-0.2, -0.15) is 0 Å². The van der Waals surface area contributed by atoms with Gasteiger partial charge in [0.05, 0.1) is 7.11 Å². The SMILES string of the molecule is CCCc1cc(N2CCC(C(C)C)CC2)ccc1OC. The van der Waals surface area contributed by atoms with Crippen LogP contribution in [-0.2, 0) is 6.42 Å². The highest BCUT2D eigenvalue weighted by molar-refractivity contribution is 5.53. The van der Waals surface area contributed by atoms with E-state index in [1.807, 2.05) is 0 Å². The van der Waals surface area contributed by atoms with E-state index in [1.54, 1.807) is 7.11 Å². The fourth-order valence-corrected chi connectivity index (χ4v) is 3.25. The van der Waals surface area contributed by atoms with Gasteiger partial charge in [-0.3, -0.25) is 0 Å².